The molecule has 4 aromatic rings. The summed E-state index contributed by atoms with van der Waals surface area (Å²) in [5.41, 5.74) is 0.848. The van der Waals surface area contributed by atoms with Gasteiger partial charge in [-0.1, -0.05) is 76.1 Å². The van der Waals surface area contributed by atoms with E-state index >= 15 is 0 Å². The largest absolute Gasteiger partial charge is 0.481 e. The lowest BCUT2D eigenvalue weighted by Gasteiger charge is -2.22. The van der Waals surface area contributed by atoms with Gasteiger partial charge in [0.25, 0.3) is 5.56 Å². The molecule has 1 aliphatic carbocycles. The molecule has 206 valence electrons. The van der Waals surface area contributed by atoms with Gasteiger partial charge in [0.1, 0.15) is 12.4 Å². The molecule has 1 aliphatic rings. The zero-order chi connectivity index (χ0) is 28.4. The van der Waals surface area contributed by atoms with Crippen LogP contribution in [-0.2, 0) is 6.61 Å². The van der Waals surface area contributed by atoms with Gasteiger partial charge < -0.3 is 4.74 Å². The smallest absolute Gasteiger partial charge is 0.313 e. The first-order valence-electron chi connectivity index (χ1n) is 12.5. The number of nitro groups is 1. The van der Waals surface area contributed by atoms with Crippen LogP contribution in [-0.4, -0.2) is 20.8 Å². The topological polar surface area (TPSA) is 99.6 Å². The molecule has 5 rings (SSSR count). The fourth-order valence-electron chi connectivity index (χ4n) is 4.77. The first kappa shape index (κ1) is 28.5. The van der Waals surface area contributed by atoms with E-state index in [0.717, 1.165) is 36.6 Å². The second-order valence-corrected chi connectivity index (χ2v) is 11.6. The van der Waals surface area contributed by atoms with Crippen molar-refractivity contribution in [3.8, 4) is 5.75 Å². The van der Waals surface area contributed by atoms with E-state index in [2.05, 4.69) is 21.0 Å². The van der Waals surface area contributed by atoms with Gasteiger partial charge in [-0.3, -0.25) is 14.9 Å². The quantitative estimate of drug-likeness (QED) is 0.112. The Morgan fingerprint density at radius 2 is 1.85 bits per heavy atom. The van der Waals surface area contributed by atoms with Crippen LogP contribution in [0.3, 0.4) is 0 Å². The van der Waals surface area contributed by atoms with Crippen molar-refractivity contribution < 1.29 is 9.66 Å². The molecule has 8 nitrogen and oxygen atoms in total. The summed E-state index contributed by atoms with van der Waals surface area (Å²) in [6, 6.07) is 13.0. The molecule has 0 spiro atoms. The lowest BCUT2D eigenvalue weighted by molar-refractivity contribution is -0.385. The summed E-state index contributed by atoms with van der Waals surface area (Å²) in [5.74, 6) is 0.559. The minimum atomic E-state index is -0.587. The molecule has 0 aliphatic heterocycles. The number of halogens is 4. The third-order valence-corrected chi connectivity index (χ3v) is 8.12. The highest BCUT2D eigenvalue weighted by molar-refractivity contribution is 9.10. The molecule has 0 radical (unpaired) electrons. The molecule has 1 fully saturated rings. The van der Waals surface area contributed by atoms with Crippen molar-refractivity contribution in [2.75, 3.05) is 0 Å². The summed E-state index contributed by atoms with van der Waals surface area (Å²) < 4.78 is 7.77. The summed E-state index contributed by atoms with van der Waals surface area (Å²) in [6.07, 6.45) is 6.43. The minimum absolute atomic E-state index is 0.0150. The number of aromatic nitrogens is 2. The van der Waals surface area contributed by atoms with Gasteiger partial charge in [-0.2, -0.15) is 9.78 Å². The number of ether oxygens (including phenoxy) is 1. The molecule has 3 aromatic carbocycles. The van der Waals surface area contributed by atoms with Gasteiger partial charge in [-0.25, -0.2) is 4.98 Å². The average Bonchev–Trinajstić information content (AvgIpc) is 2.93. The van der Waals surface area contributed by atoms with Crippen LogP contribution < -0.4 is 10.3 Å². The second kappa shape index (κ2) is 12.3. The Bertz CT molecular complexity index is 1700. The van der Waals surface area contributed by atoms with Crippen LogP contribution in [0.25, 0.3) is 10.9 Å². The number of fused-ring (bicyclic) bond motifs is 1. The molecule has 1 aromatic heterocycles. The SMILES string of the molecule is O=c1c2cc(Br)ccc2nc(C2CCCCC2)n1N=Cc1cc(Cl)c(OCc2ccc(Cl)cc2Cl)c([N+](=O)[O-])c1. The van der Waals surface area contributed by atoms with Gasteiger partial charge in [0.15, 0.2) is 0 Å². The van der Waals surface area contributed by atoms with E-state index in [9.17, 15) is 14.9 Å². The molecule has 0 bridgehead atoms. The van der Waals surface area contributed by atoms with E-state index in [0.29, 0.717) is 37.9 Å². The zero-order valence-corrected chi connectivity index (χ0v) is 24.8. The standard InChI is InChI=1S/C28H22BrCl3N4O4/c29-19-7-9-24-21(12-19)28(37)35(27(34-24)17-4-2-1-3-5-17)33-14-16-10-23(32)26(25(11-16)36(38)39)40-15-18-6-8-20(30)13-22(18)31/h6-14,17H,1-5,15H2. The molecule has 1 saturated carbocycles. The maximum absolute atomic E-state index is 13.5. The van der Waals surface area contributed by atoms with Gasteiger partial charge in [-0.15, -0.1) is 0 Å². The van der Waals surface area contributed by atoms with Crippen LogP contribution in [0, 0.1) is 10.1 Å². The third kappa shape index (κ3) is 6.17. The second-order valence-electron chi connectivity index (χ2n) is 9.46. The van der Waals surface area contributed by atoms with Crippen LogP contribution in [0.5, 0.6) is 5.75 Å². The number of hydrogen-bond donors (Lipinski definition) is 0. The van der Waals surface area contributed by atoms with Crippen LogP contribution in [0.15, 0.2) is 62.9 Å². The molecule has 0 N–H and O–H groups in total. The van der Waals surface area contributed by atoms with Crippen LogP contribution >= 0.6 is 50.7 Å². The number of rotatable bonds is 7. The third-order valence-electron chi connectivity index (χ3n) is 6.76. The fourth-order valence-corrected chi connectivity index (χ4v) is 5.87. The van der Waals surface area contributed by atoms with Crippen molar-refractivity contribution in [3.05, 3.63) is 105 Å². The Hall–Kier alpha value is -2.98. The summed E-state index contributed by atoms with van der Waals surface area (Å²) >= 11 is 22.0. The van der Waals surface area contributed by atoms with Gasteiger partial charge in [0.2, 0.25) is 5.75 Å². The monoisotopic (exact) mass is 662 g/mol. The van der Waals surface area contributed by atoms with E-state index in [-0.39, 0.29) is 34.5 Å². The van der Waals surface area contributed by atoms with Gasteiger partial charge in [0, 0.05) is 37.6 Å². The van der Waals surface area contributed by atoms with Gasteiger partial charge >= 0.3 is 5.69 Å². The van der Waals surface area contributed by atoms with Crippen molar-refractivity contribution in [3.63, 3.8) is 0 Å². The lowest BCUT2D eigenvalue weighted by Crippen LogP contribution is -2.25. The van der Waals surface area contributed by atoms with E-state index in [1.807, 2.05) is 6.07 Å². The molecule has 0 saturated heterocycles. The molecule has 0 unspecified atom stereocenters. The summed E-state index contributed by atoms with van der Waals surface area (Å²) in [6.45, 7) is -0.0531. The minimum Gasteiger partial charge on any atom is -0.481 e. The predicted molar refractivity (Wildman–Crippen MR) is 161 cm³/mol. The molecule has 0 amide bonds. The summed E-state index contributed by atoms with van der Waals surface area (Å²) in [5, 5.41) is 17.6. The Labute approximate surface area is 252 Å². The molecule has 40 heavy (non-hydrogen) atoms. The van der Waals surface area contributed by atoms with Gasteiger partial charge in [0.05, 0.1) is 27.1 Å². The van der Waals surface area contributed by atoms with E-state index < -0.39 is 4.92 Å². The Morgan fingerprint density at radius 1 is 1.07 bits per heavy atom. The number of benzene rings is 3. The average molecular weight is 665 g/mol. The van der Waals surface area contributed by atoms with Crippen LogP contribution in [0.2, 0.25) is 15.1 Å². The Balaban J connectivity index is 1.52. The number of hydrogen-bond acceptors (Lipinski definition) is 6. The lowest BCUT2D eigenvalue weighted by atomic mass is 9.88. The van der Waals surface area contributed by atoms with E-state index in [1.165, 1.54) is 23.0 Å². The van der Waals surface area contributed by atoms with E-state index in [4.69, 9.17) is 44.5 Å². The molecule has 12 heteroatoms. The molecule has 0 atom stereocenters. The maximum Gasteiger partial charge on any atom is 0.313 e. The Morgan fingerprint density at radius 3 is 2.58 bits per heavy atom. The van der Waals surface area contributed by atoms with Crippen molar-refractivity contribution in [1.29, 1.82) is 0 Å². The first-order chi connectivity index (χ1) is 19.2. The predicted octanol–water partition coefficient (Wildman–Crippen LogP) is 8.54. The van der Waals surface area contributed by atoms with Gasteiger partial charge in [-0.05, 0) is 49.2 Å². The highest BCUT2D eigenvalue weighted by atomic mass is 79.9. The van der Waals surface area contributed by atoms with Crippen LogP contribution in [0.1, 0.15) is 55.0 Å². The number of nitro benzene ring substituents is 1. The van der Waals surface area contributed by atoms with Crippen LogP contribution in [0.4, 0.5) is 5.69 Å². The first-order valence-corrected chi connectivity index (χ1v) is 14.4. The number of nitrogens with zero attached hydrogens (tertiary/aromatic N) is 4. The zero-order valence-electron chi connectivity index (χ0n) is 20.9. The summed E-state index contributed by atoms with van der Waals surface area (Å²) in [4.78, 5) is 29.7. The fraction of sp³-hybridized carbons (Fsp3) is 0.250. The highest BCUT2D eigenvalue weighted by Gasteiger charge is 2.24. The van der Waals surface area contributed by atoms with Crippen molar-refractivity contribution in [1.82, 2.24) is 9.66 Å². The van der Waals surface area contributed by atoms with Crippen molar-refractivity contribution in [2.45, 2.75) is 44.6 Å². The molecular formula is C28H22BrCl3N4O4. The summed E-state index contributed by atoms with van der Waals surface area (Å²) in [7, 11) is 0. The Kier molecular flexibility index (Phi) is 8.75. The maximum atomic E-state index is 13.5. The van der Waals surface area contributed by atoms with Crippen molar-refractivity contribution in [2.24, 2.45) is 5.10 Å². The normalized spacial score (nSPS) is 14.2. The van der Waals surface area contributed by atoms with E-state index in [1.54, 1.807) is 30.3 Å². The molecular weight excluding hydrogens is 643 g/mol. The highest BCUT2D eigenvalue weighted by Crippen LogP contribution is 2.37. The van der Waals surface area contributed by atoms with Crippen molar-refractivity contribution >= 4 is 73.5 Å². The molecule has 1 heterocycles.